The van der Waals surface area contributed by atoms with Crippen LogP contribution in [0.25, 0.3) is 16.7 Å². The third kappa shape index (κ3) is 1.34. The number of nitrogens with zero attached hydrogens (tertiary/aromatic N) is 2. The van der Waals surface area contributed by atoms with Gasteiger partial charge >= 0.3 is 0 Å². The van der Waals surface area contributed by atoms with E-state index in [2.05, 4.69) is 22.6 Å². The van der Waals surface area contributed by atoms with E-state index in [0.29, 0.717) is 5.16 Å². The summed E-state index contributed by atoms with van der Waals surface area (Å²) in [5.41, 5.74) is 3.04. The van der Waals surface area contributed by atoms with Gasteiger partial charge in [-0.2, -0.15) is 0 Å². The molecule has 0 spiro atoms. The maximum atomic E-state index is 4.28. The highest BCUT2D eigenvalue weighted by molar-refractivity contribution is 7.80. The van der Waals surface area contributed by atoms with Crippen molar-refractivity contribution >= 4 is 23.7 Å². The molecule has 2 aromatic heterocycles. The normalized spacial score (nSPS) is 11.0. The first-order valence-electron chi connectivity index (χ1n) is 4.65. The lowest BCUT2D eigenvalue weighted by atomic mass is 10.2. The lowest BCUT2D eigenvalue weighted by Gasteiger charge is -2.02. The number of fused-ring (bicyclic) bond motifs is 1. The first-order valence-corrected chi connectivity index (χ1v) is 5.10. The first kappa shape index (κ1) is 8.61. The van der Waals surface area contributed by atoms with Gasteiger partial charge in [-0.3, -0.25) is 0 Å². The summed E-state index contributed by atoms with van der Waals surface area (Å²) in [5, 5.41) is 0.643. The number of aromatic amines is 1. The molecule has 0 saturated heterocycles. The van der Waals surface area contributed by atoms with E-state index >= 15 is 0 Å². The summed E-state index contributed by atoms with van der Waals surface area (Å²) in [6.07, 6.45) is 4.02. The van der Waals surface area contributed by atoms with Crippen LogP contribution >= 0.6 is 12.6 Å². The zero-order valence-electron chi connectivity index (χ0n) is 7.88. The molecule has 0 atom stereocenters. The molecule has 4 heteroatoms. The molecule has 0 aliphatic carbocycles. The van der Waals surface area contributed by atoms with Crippen molar-refractivity contribution in [3.8, 4) is 5.69 Å². The summed E-state index contributed by atoms with van der Waals surface area (Å²) in [7, 11) is 0. The van der Waals surface area contributed by atoms with E-state index in [4.69, 9.17) is 0 Å². The fourth-order valence-corrected chi connectivity index (χ4v) is 1.93. The molecule has 0 aliphatic rings. The molecule has 0 fully saturated rings. The highest BCUT2D eigenvalue weighted by atomic mass is 32.1. The smallest absolute Gasteiger partial charge is 0.163 e. The van der Waals surface area contributed by atoms with E-state index in [0.717, 1.165) is 16.7 Å². The molecule has 0 radical (unpaired) electrons. The van der Waals surface area contributed by atoms with Crippen LogP contribution in [-0.2, 0) is 0 Å². The van der Waals surface area contributed by atoms with Crippen molar-refractivity contribution in [1.29, 1.82) is 0 Å². The van der Waals surface area contributed by atoms with Crippen LogP contribution in [0.4, 0.5) is 0 Å². The Balaban J connectivity index is 2.35. The predicted octanol–water partition coefficient (Wildman–Crippen LogP) is 2.64. The fourth-order valence-electron chi connectivity index (χ4n) is 1.71. The van der Waals surface area contributed by atoms with Crippen molar-refractivity contribution in [2.75, 3.05) is 0 Å². The topological polar surface area (TPSA) is 33.6 Å². The van der Waals surface area contributed by atoms with Gasteiger partial charge in [-0.1, -0.05) is 6.07 Å². The molecule has 3 nitrogen and oxygen atoms in total. The minimum absolute atomic E-state index is 0.643. The molecule has 15 heavy (non-hydrogen) atoms. The molecule has 0 unspecified atom stereocenters. The van der Waals surface area contributed by atoms with Gasteiger partial charge in [-0.15, -0.1) is 12.6 Å². The summed E-state index contributed by atoms with van der Waals surface area (Å²) >= 11 is 4.21. The molecule has 3 aromatic rings. The Morgan fingerprint density at radius 3 is 2.73 bits per heavy atom. The molecular weight excluding hydrogens is 206 g/mol. The van der Waals surface area contributed by atoms with Crippen LogP contribution < -0.4 is 0 Å². The Bertz CT molecular complexity index is 595. The maximum Gasteiger partial charge on any atom is 0.163 e. The van der Waals surface area contributed by atoms with Gasteiger partial charge < -0.3 is 9.55 Å². The van der Waals surface area contributed by atoms with Crippen molar-refractivity contribution in [3.05, 3.63) is 42.7 Å². The molecule has 0 saturated carbocycles. The largest absolute Gasteiger partial charge is 0.331 e. The lowest BCUT2D eigenvalue weighted by molar-refractivity contribution is 1.06. The zero-order chi connectivity index (χ0) is 10.3. The van der Waals surface area contributed by atoms with Crippen molar-refractivity contribution in [2.24, 2.45) is 0 Å². The number of aromatic nitrogens is 3. The average Bonchev–Trinajstić information content (AvgIpc) is 2.82. The van der Waals surface area contributed by atoms with Crippen molar-refractivity contribution < 1.29 is 0 Å². The highest BCUT2D eigenvalue weighted by Crippen LogP contribution is 2.21. The molecule has 0 amide bonds. The SMILES string of the molecule is Sc1nc2cccc(-n3cccc3)c2[nH]1. The number of nitrogens with one attached hydrogen (secondary N) is 1. The number of hydrogen-bond acceptors (Lipinski definition) is 2. The van der Waals surface area contributed by atoms with E-state index < -0.39 is 0 Å². The molecule has 2 heterocycles. The molecule has 1 aromatic carbocycles. The molecular formula is C11H9N3S. The zero-order valence-corrected chi connectivity index (χ0v) is 8.78. The summed E-state index contributed by atoms with van der Waals surface area (Å²) in [5.74, 6) is 0. The van der Waals surface area contributed by atoms with Crippen LogP contribution in [0.5, 0.6) is 0 Å². The van der Waals surface area contributed by atoms with Crippen LogP contribution in [-0.4, -0.2) is 14.5 Å². The molecule has 1 N–H and O–H groups in total. The standard InChI is InChI=1S/C11H9N3S/c15-11-12-8-4-3-5-9(10(8)13-11)14-6-1-2-7-14/h1-7H,(H2,12,13,15). The number of H-pyrrole nitrogens is 1. The monoisotopic (exact) mass is 215 g/mol. The molecule has 0 bridgehead atoms. The van der Waals surface area contributed by atoms with Gasteiger partial charge in [0.2, 0.25) is 0 Å². The van der Waals surface area contributed by atoms with Crippen LogP contribution in [0.3, 0.4) is 0 Å². The Labute approximate surface area is 92.2 Å². The summed E-state index contributed by atoms with van der Waals surface area (Å²) in [6.45, 7) is 0. The minimum Gasteiger partial charge on any atom is -0.331 e. The lowest BCUT2D eigenvalue weighted by Crippen LogP contribution is -1.90. The van der Waals surface area contributed by atoms with Crippen molar-refractivity contribution in [1.82, 2.24) is 14.5 Å². The van der Waals surface area contributed by atoms with Gasteiger partial charge in [-0.25, -0.2) is 4.98 Å². The molecule has 3 rings (SSSR count). The third-order valence-electron chi connectivity index (χ3n) is 2.37. The summed E-state index contributed by atoms with van der Waals surface area (Å²) in [4.78, 5) is 7.43. The summed E-state index contributed by atoms with van der Waals surface area (Å²) < 4.78 is 2.05. The van der Waals surface area contributed by atoms with E-state index in [9.17, 15) is 0 Å². The first-order chi connectivity index (χ1) is 7.34. The summed E-state index contributed by atoms with van der Waals surface area (Å²) in [6, 6.07) is 10.0. The Morgan fingerprint density at radius 1 is 1.13 bits per heavy atom. The highest BCUT2D eigenvalue weighted by Gasteiger charge is 2.05. The van der Waals surface area contributed by atoms with Gasteiger partial charge in [0.05, 0.1) is 16.7 Å². The Morgan fingerprint density at radius 2 is 1.93 bits per heavy atom. The predicted molar refractivity (Wildman–Crippen MR) is 62.7 cm³/mol. The second kappa shape index (κ2) is 3.17. The Kier molecular flexibility index (Phi) is 1.82. The van der Waals surface area contributed by atoms with Crippen LogP contribution in [0.2, 0.25) is 0 Å². The molecule has 0 aliphatic heterocycles. The van der Waals surface area contributed by atoms with E-state index in [-0.39, 0.29) is 0 Å². The fraction of sp³-hybridized carbons (Fsp3) is 0. The minimum atomic E-state index is 0.643. The van der Waals surface area contributed by atoms with Crippen LogP contribution in [0.15, 0.2) is 47.9 Å². The van der Waals surface area contributed by atoms with Gasteiger partial charge in [0.15, 0.2) is 5.16 Å². The average molecular weight is 215 g/mol. The second-order valence-corrected chi connectivity index (χ2v) is 3.75. The van der Waals surface area contributed by atoms with Gasteiger partial charge in [0, 0.05) is 12.4 Å². The number of thiol groups is 1. The third-order valence-corrected chi connectivity index (χ3v) is 2.58. The Hall–Kier alpha value is -1.68. The number of rotatable bonds is 1. The second-order valence-electron chi connectivity index (χ2n) is 3.32. The van der Waals surface area contributed by atoms with Crippen molar-refractivity contribution in [2.45, 2.75) is 5.16 Å². The number of hydrogen-bond donors (Lipinski definition) is 2. The van der Waals surface area contributed by atoms with E-state index in [1.807, 2.05) is 47.3 Å². The van der Waals surface area contributed by atoms with Gasteiger partial charge in [0.25, 0.3) is 0 Å². The number of para-hydroxylation sites is 1. The quantitative estimate of drug-likeness (QED) is 0.601. The van der Waals surface area contributed by atoms with Crippen LogP contribution in [0.1, 0.15) is 0 Å². The maximum absolute atomic E-state index is 4.28. The van der Waals surface area contributed by atoms with Gasteiger partial charge in [0.1, 0.15) is 0 Å². The number of imidazole rings is 1. The number of benzene rings is 1. The molecule has 74 valence electrons. The van der Waals surface area contributed by atoms with E-state index in [1.54, 1.807) is 0 Å². The van der Waals surface area contributed by atoms with Crippen molar-refractivity contribution in [3.63, 3.8) is 0 Å². The van der Waals surface area contributed by atoms with E-state index in [1.165, 1.54) is 0 Å². The van der Waals surface area contributed by atoms with Crippen LogP contribution in [0, 0.1) is 0 Å². The van der Waals surface area contributed by atoms with Gasteiger partial charge in [-0.05, 0) is 24.3 Å².